The molecule has 1 aromatic rings. The van der Waals surface area contributed by atoms with Crippen LogP contribution in [0.25, 0.3) is 0 Å². The molecule has 0 bridgehead atoms. The lowest BCUT2D eigenvalue weighted by molar-refractivity contribution is -0.384. The number of halogens is 1. The van der Waals surface area contributed by atoms with E-state index in [1.54, 1.807) is 6.07 Å². The maximum absolute atomic E-state index is 11.6. The Morgan fingerprint density at radius 3 is 2.69 bits per heavy atom. The molecular formula is C17H25IN4O4. The Balaban J connectivity index is 0.00000338. The summed E-state index contributed by atoms with van der Waals surface area (Å²) >= 11 is 0. The number of carbonyl (C=O) groups is 1. The zero-order valence-corrected chi connectivity index (χ0v) is 17.3. The first-order chi connectivity index (χ1) is 12.0. The van der Waals surface area contributed by atoms with Crippen molar-refractivity contribution in [1.82, 2.24) is 10.2 Å². The van der Waals surface area contributed by atoms with E-state index in [-0.39, 0.29) is 41.6 Å². The molecule has 1 aliphatic rings. The van der Waals surface area contributed by atoms with Crippen LogP contribution in [0.1, 0.15) is 25.3 Å². The number of aliphatic imine (C=N–C) groups is 1. The number of carbonyl (C=O) groups excluding carboxylic acids is 1. The third-order valence-electron chi connectivity index (χ3n) is 4.20. The summed E-state index contributed by atoms with van der Waals surface area (Å²) < 4.78 is 4.81. The molecular weight excluding hydrogens is 451 g/mol. The number of methoxy groups -OCH3 is 1. The topological polar surface area (TPSA) is 97.1 Å². The van der Waals surface area contributed by atoms with E-state index in [1.807, 2.05) is 13.0 Å². The lowest BCUT2D eigenvalue weighted by Crippen LogP contribution is -2.46. The van der Waals surface area contributed by atoms with Gasteiger partial charge in [0.2, 0.25) is 0 Å². The molecule has 0 aliphatic carbocycles. The second kappa shape index (κ2) is 10.9. The predicted molar refractivity (Wildman–Crippen MR) is 110 cm³/mol. The van der Waals surface area contributed by atoms with E-state index in [2.05, 4.69) is 15.2 Å². The summed E-state index contributed by atoms with van der Waals surface area (Å²) in [6, 6.07) is 6.49. The number of ether oxygens (including phenoxy) is 1. The molecule has 0 radical (unpaired) electrons. The van der Waals surface area contributed by atoms with Crippen LogP contribution in [0.4, 0.5) is 5.69 Å². The van der Waals surface area contributed by atoms with Gasteiger partial charge in [-0.1, -0.05) is 12.1 Å². The molecule has 0 unspecified atom stereocenters. The van der Waals surface area contributed by atoms with Gasteiger partial charge in [-0.3, -0.25) is 14.9 Å². The molecule has 1 heterocycles. The second-order valence-corrected chi connectivity index (χ2v) is 5.88. The molecule has 8 nitrogen and oxygen atoms in total. The number of guanidine groups is 1. The van der Waals surface area contributed by atoms with Crippen LogP contribution in [-0.2, 0) is 16.1 Å². The van der Waals surface area contributed by atoms with Crippen LogP contribution in [0.15, 0.2) is 29.3 Å². The number of piperidine rings is 1. The van der Waals surface area contributed by atoms with Gasteiger partial charge in [-0.15, -0.1) is 24.0 Å². The van der Waals surface area contributed by atoms with Gasteiger partial charge in [0.25, 0.3) is 5.69 Å². The van der Waals surface area contributed by atoms with Gasteiger partial charge in [0.15, 0.2) is 5.96 Å². The Morgan fingerprint density at radius 1 is 1.42 bits per heavy atom. The van der Waals surface area contributed by atoms with Crippen LogP contribution < -0.4 is 5.32 Å². The van der Waals surface area contributed by atoms with E-state index < -0.39 is 4.92 Å². The number of esters is 1. The number of nitrogens with zero attached hydrogens (tertiary/aromatic N) is 3. The zero-order valence-electron chi connectivity index (χ0n) is 15.0. The third-order valence-corrected chi connectivity index (χ3v) is 4.20. The number of non-ortho nitro benzene ring substituents is 1. The minimum absolute atomic E-state index is 0. The van der Waals surface area contributed by atoms with Crippen molar-refractivity contribution in [3.05, 3.63) is 39.9 Å². The van der Waals surface area contributed by atoms with Crippen LogP contribution >= 0.6 is 24.0 Å². The fraction of sp³-hybridized carbons (Fsp3) is 0.529. The lowest BCUT2D eigenvalue weighted by atomic mass is 9.97. The minimum Gasteiger partial charge on any atom is -0.469 e. The summed E-state index contributed by atoms with van der Waals surface area (Å²) in [4.78, 5) is 28.8. The van der Waals surface area contributed by atoms with E-state index in [9.17, 15) is 14.9 Å². The van der Waals surface area contributed by atoms with Crippen molar-refractivity contribution in [1.29, 1.82) is 0 Å². The Labute approximate surface area is 170 Å². The molecule has 2 rings (SSSR count). The van der Waals surface area contributed by atoms with Gasteiger partial charge in [0, 0.05) is 31.8 Å². The SMILES string of the molecule is CCNC(=NCc1cccc([N+](=O)[O-])c1)N1CCC(C(=O)OC)CC1.I. The number of nitro groups is 1. The molecule has 1 saturated heterocycles. The van der Waals surface area contributed by atoms with Crippen LogP contribution in [0, 0.1) is 16.0 Å². The summed E-state index contributed by atoms with van der Waals surface area (Å²) in [5, 5.41) is 14.1. The molecule has 0 spiro atoms. The third kappa shape index (κ3) is 6.11. The van der Waals surface area contributed by atoms with Crippen molar-refractivity contribution in [2.75, 3.05) is 26.7 Å². The number of hydrogen-bond acceptors (Lipinski definition) is 5. The summed E-state index contributed by atoms with van der Waals surface area (Å²) in [6.07, 6.45) is 1.46. The van der Waals surface area contributed by atoms with Gasteiger partial charge in [-0.2, -0.15) is 0 Å². The first kappa shape index (κ1) is 22.1. The number of nitrogens with one attached hydrogen (secondary N) is 1. The van der Waals surface area contributed by atoms with Gasteiger partial charge >= 0.3 is 5.97 Å². The van der Waals surface area contributed by atoms with Crippen molar-refractivity contribution in [2.24, 2.45) is 10.9 Å². The average Bonchev–Trinajstić information content (AvgIpc) is 2.65. The second-order valence-electron chi connectivity index (χ2n) is 5.88. The number of hydrogen-bond donors (Lipinski definition) is 1. The molecule has 1 N–H and O–H groups in total. The van der Waals surface area contributed by atoms with Crippen LogP contribution in [0.3, 0.4) is 0 Å². The molecule has 0 amide bonds. The lowest BCUT2D eigenvalue weighted by Gasteiger charge is -2.33. The summed E-state index contributed by atoms with van der Waals surface area (Å²) in [5.41, 5.74) is 0.852. The molecule has 1 aromatic carbocycles. The van der Waals surface area contributed by atoms with Crippen LogP contribution in [0.5, 0.6) is 0 Å². The largest absolute Gasteiger partial charge is 0.469 e. The van der Waals surface area contributed by atoms with Gasteiger partial charge in [0.05, 0.1) is 24.5 Å². The van der Waals surface area contributed by atoms with E-state index in [0.717, 1.165) is 44.0 Å². The zero-order chi connectivity index (χ0) is 18.2. The fourth-order valence-corrected chi connectivity index (χ4v) is 2.85. The van der Waals surface area contributed by atoms with Crippen LogP contribution in [-0.4, -0.2) is 48.5 Å². The predicted octanol–water partition coefficient (Wildman–Crippen LogP) is 2.56. The van der Waals surface area contributed by atoms with Crippen molar-refractivity contribution in [2.45, 2.75) is 26.3 Å². The van der Waals surface area contributed by atoms with Gasteiger partial charge in [-0.25, -0.2) is 4.99 Å². The number of benzene rings is 1. The van der Waals surface area contributed by atoms with Gasteiger partial charge in [-0.05, 0) is 25.3 Å². The van der Waals surface area contributed by atoms with Crippen molar-refractivity contribution >= 4 is 41.6 Å². The van der Waals surface area contributed by atoms with E-state index in [0.29, 0.717) is 6.54 Å². The first-order valence-electron chi connectivity index (χ1n) is 8.39. The highest BCUT2D eigenvalue weighted by Gasteiger charge is 2.26. The molecule has 1 aliphatic heterocycles. The van der Waals surface area contributed by atoms with E-state index >= 15 is 0 Å². The molecule has 144 valence electrons. The quantitative estimate of drug-likeness (QED) is 0.175. The van der Waals surface area contributed by atoms with Crippen molar-refractivity contribution in [3.63, 3.8) is 0 Å². The van der Waals surface area contributed by atoms with Crippen molar-refractivity contribution in [3.8, 4) is 0 Å². The maximum atomic E-state index is 11.6. The van der Waals surface area contributed by atoms with E-state index in [1.165, 1.54) is 19.2 Å². The molecule has 0 saturated carbocycles. The Morgan fingerprint density at radius 2 is 2.12 bits per heavy atom. The van der Waals surface area contributed by atoms with E-state index in [4.69, 9.17) is 4.74 Å². The van der Waals surface area contributed by atoms with Gasteiger partial charge < -0.3 is 15.0 Å². The standard InChI is InChI=1S/C17H24N4O4.HI/c1-3-18-17(20-9-7-14(8-10-20)16(22)25-2)19-12-13-5-4-6-15(11-13)21(23)24;/h4-6,11,14H,3,7-10,12H2,1-2H3,(H,18,19);1H. The summed E-state index contributed by atoms with van der Waals surface area (Å²) in [7, 11) is 1.42. The smallest absolute Gasteiger partial charge is 0.308 e. The highest BCUT2D eigenvalue weighted by atomic mass is 127. The normalized spacial score (nSPS) is 15.2. The Kier molecular flexibility index (Phi) is 9.31. The molecule has 26 heavy (non-hydrogen) atoms. The monoisotopic (exact) mass is 476 g/mol. The van der Waals surface area contributed by atoms with Crippen molar-refractivity contribution < 1.29 is 14.5 Å². The highest BCUT2D eigenvalue weighted by molar-refractivity contribution is 14.0. The number of likely N-dealkylation sites (tertiary alicyclic amines) is 1. The van der Waals surface area contributed by atoms with Crippen LogP contribution in [0.2, 0.25) is 0 Å². The Bertz CT molecular complexity index is 645. The molecule has 0 aromatic heterocycles. The highest BCUT2D eigenvalue weighted by Crippen LogP contribution is 2.19. The number of nitro benzene ring substituents is 1. The average molecular weight is 476 g/mol. The fourth-order valence-electron chi connectivity index (χ4n) is 2.85. The maximum Gasteiger partial charge on any atom is 0.308 e. The molecule has 0 atom stereocenters. The Hall–Kier alpha value is -1.91. The minimum atomic E-state index is -0.407. The first-order valence-corrected chi connectivity index (χ1v) is 8.39. The molecule has 1 fully saturated rings. The number of rotatable bonds is 5. The molecule has 9 heteroatoms. The van der Waals surface area contributed by atoms with Gasteiger partial charge in [0.1, 0.15) is 0 Å². The summed E-state index contributed by atoms with van der Waals surface area (Å²) in [6.45, 7) is 4.52. The summed E-state index contributed by atoms with van der Waals surface area (Å²) in [5.74, 6) is 0.552.